The highest BCUT2D eigenvalue weighted by atomic mass is 14.9. The fourth-order valence-electron chi connectivity index (χ4n) is 1.45. The molecule has 0 aliphatic heterocycles. The van der Waals surface area contributed by atoms with Gasteiger partial charge in [0.25, 0.3) is 0 Å². The van der Waals surface area contributed by atoms with E-state index < -0.39 is 0 Å². The Balaban J connectivity index is 2.49. The van der Waals surface area contributed by atoms with E-state index in [1.54, 1.807) is 6.33 Å². The molecule has 0 amide bonds. The molecule has 1 aromatic heterocycles. The van der Waals surface area contributed by atoms with Gasteiger partial charge in [-0.1, -0.05) is 6.92 Å². The second-order valence-electron chi connectivity index (χ2n) is 2.71. The van der Waals surface area contributed by atoms with Crippen molar-refractivity contribution in [3.05, 3.63) is 17.7 Å². The topological polar surface area (TPSA) is 28.7 Å². The van der Waals surface area contributed by atoms with Gasteiger partial charge in [-0.05, 0) is 12.8 Å². The summed E-state index contributed by atoms with van der Waals surface area (Å²) in [6.07, 6.45) is 4.26. The van der Waals surface area contributed by atoms with Crippen LogP contribution in [0.15, 0.2) is 6.33 Å². The van der Waals surface area contributed by atoms with E-state index in [0.717, 1.165) is 0 Å². The summed E-state index contributed by atoms with van der Waals surface area (Å²) in [6, 6.07) is 0. The van der Waals surface area contributed by atoms with Gasteiger partial charge in [0, 0.05) is 11.6 Å². The number of hydrogen-bond acceptors (Lipinski definition) is 1. The molecule has 0 saturated heterocycles. The van der Waals surface area contributed by atoms with Crippen molar-refractivity contribution >= 4 is 0 Å². The normalized spacial score (nSPS) is 24.3. The number of imidazole rings is 1. The van der Waals surface area contributed by atoms with Gasteiger partial charge in [0.2, 0.25) is 0 Å². The quantitative estimate of drug-likeness (QED) is 0.554. The lowest BCUT2D eigenvalue weighted by atomic mass is 10.1. The second kappa shape index (κ2) is 1.59. The Hall–Kier alpha value is -0.790. The van der Waals surface area contributed by atoms with Crippen LogP contribution in [0.1, 0.15) is 30.7 Å². The van der Waals surface area contributed by atoms with Crippen LogP contribution >= 0.6 is 0 Å². The van der Waals surface area contributed by atoms with E-state index >= 15 is 0 Å². The number of nitrogens with one attached hydrogen (secondary N) is 1. The minimum atomic E-state index is 0.686. The van der Waals surface area contributed by atoms with Crippen LogP contribution in [-0.2, 0) is 6.42 Å². The van der Waals surface area contributed by atoms with Crippen molar-refractivity contribution in [3.63, 3.8) is 0 Å². The summed E-state index contributed by atoms with van der Waals surface area (Å²) in [5.41, 5.74) is 2.64. The number of aryl methyl sites for hydroxylation is 1. The summed E-state index contributed by atoms with van der Waals surface area (Å²) in [7, 11) is 0. The smallest absolute Gasteiger partial charge is 0.0925 e. The summed E-state index contributed by atoms with van der Waals surface area (Å²) in [5.74, 6) is 0.686. The third-order valence-corrected chi connectivity index (χ3v) is 2.05. The highest BCUT2D eigenvalue weighted by Gasteiger charge is 2.19. The van der Waals surface area contributed by atoms with E-state index in [2.05, 4.69) is 16.9 Å². The van der Waals surface area contributed by atoms with Crippen molar-refractivity contribution in [3.8, 4) is 0 Å². The molecule has 0 spiro atoms. The third kappa shape index (κ3) is 0.590. The van der Waals surface area contributed by atoms with Gasteiger partial charge in [0.05, 0.1) is 12.0 Å². The Morgan fingerprint density at radius 1 is 1.78 bits per heavy atom. The van der Waals surface area contributed by atoms with Gasteiger partial charge in [-0.25, -0.2) is 4.98 Å². The number of aromatic amines is 1. The molecule has 48 valence electrons. The summed E-state index contributed by atoms with van der Waals surface area (Å²) in [4.78, 5) is 7.36. The van der Waals surface area contributed by atoms with Gasteiger partial charge in [0.15, 0.2) is 0 Å². The predicted octanol–water partition coefficient (Wildman–Crippen LogP) is 1.46. The molecule has 1 atom stereocenters. The zero-order valence-corrected chi connectivity index (χ0v) is 5.52. The number of nitrogens with zero attached hydrogens (tertiary/aromatic N) is 1. The molecule has 1 aliphatic rings. The Kier molecular flexibility index (Phi) is 0.891. The van der Waals surface area contributed by atoms with Gasteiger partial charge in [-0.3, -0.25) is 0 Å². The van der Waals surface area contributed by atoms with Crippen LogP contribution in [0.25, 0.3) is 0 Å². The maximum Gasteiger partial charge on any atom is 0.0925 e. The lowest BCUT2D eigenvalue weighted by Crippen LogP contribution is -1.84. The van der Waals surface area contributed by atoms with E-state index in [1.807, 2.05) is 0 Å². The largest absolute Gasteiger partial charge is 0.348 e. The third-order valence-electron chi connectivity index (χ3n) is 2.05. The first-order valence-electron chi connectivity index (χ1n) is 3.40. The number of H-pyrrole nitrogens is 1. The molecule has 0 bridgehead atoms. The van der Waals surface area contributed by atoms with Crippen LogP contribution < -0.4 is 0 Å². The van der Waals surface area contributed by atoms with Gasteiger partial charge in [-0.2, -0.15) is 0 Å². The van der Waals surface area contributed by atoms with E-state index in [0.29, 0.717) is 5.92 Å². The van der Waals surface area contributed by atoms with Crippen LogP contribution in [0.5, 0.6) is 0 Å². The highest BCUT2D eigenvalue weighted by Crippen LogP contribution is 2.28. The van der Waals surface area contributed by atoms with Gasteiger partial charge in [0.1, 0.15) is 0 Å². The maximum atomic E-state index is 4.22. The van der Waals surface area contributed by atoms with Gasteiger partial charge in [-0.15, -0.1) is 0 Å². The molecule has 2 heteroatoms. The first-order valence-corrected chi connectivity index (χ1v) is 3.40. The number of fused-ring (bicyclic) bond motifs is 1. The molecule has 1 aliphatic carbocycles. The van der Waals surface area contributed by atoms with E-state index in [9.17, 15) is 0 Å². The minimum Gasteiger partial charge on any atom is -0.348 e. The minimum absolute atomic E-state index is 0.686. The van der Waals surface area contributed by atoms with Gasteiger partial charge < -0.3 is 4.98 Å². The van der Waals surface area contributed by atoms with Crippen molar-refractivity contribution in [1.29, 1.82) is 0 Å². The Morgan fingerprint density at radius 3 is 3.44 bits per heavy atom. The standard InChI is InChI=1S/C7H10N2/c1-5-2-3-6-7(5)9-4-8-6/h4-5H,2-3H2,1H3,(H,8,9)/t5-/m1/s1. The molecule has 9 heavy (non-hydrogen) atoms. The SMILES string of the molecule is C[C@@H]1CCc2[nH]cnc21. The van der Waals surface area contributed by atoms with Crippen LogP contribution in [0.4, 0.5) is 0 Å². The Bertz CT molecular complexity index is 214. The maximum absolute atomic E-state index is 4.22. The molecular weight excluding hydrogens is 112 g/mol. The van der Waals surface area contributed by atoms with Crippen LogP contribution in [0, 0.1) is 0 Å². The first kappa shape index (κ1) is 5.03. The number of rotatable bonds is 0. The van der Waals surface area contributed by atoms with E-state index in [1.165, 1.54) is 24.2 Å². The molecular formula is C7H10N2. The summed E-state index contributed by atoms with van der Waals surface area (Å²) in [6.45, 7) is 2.23. The van der Waals surface area contributed by atoms with Crippen molar-refractivity contribution in [2.45, 2.75) is 25.7 Å². The molecule has 1 heterocycles. The Morgan fingerprint density at radius 2 is 2.67 bits per heavy atom. The lowest BCUT2D eigenvalue weighted by molar-refractivity contribution is 0.725. The van der Waals surface area contributed by atoms with E-state index in [-0.39, 0.29) is 0 Å². The summed E-state index contributed by atoms with van der Waals surface area (Å²) in [5, 5.41) is 0. The predicted molar refractivity (Wildman–Crippen MR) is 35.3 cm³/mol. The fourth-order valence-corrected chi connectivity index (χ4v) is 1.45. The highest BCUT2D eigenvalue weighted by molar-refractivity contribution is 5.21. The zero-order valence-electron chi connectivity index (χ0n) is 5.52. The average Bonchev–Trinajstić information content (AvgIpc) is 2.35. The molecule has 2 rings (SSSR count). The average molecular weight is 122 g/mol. The molecule has 2 nitrogen and oxygen atoms in total. The molecule has 0 radical (unpaired) electrons. The fraction of sp³-hybridized carbons (Fsp3) is 0.571. The molecule has 0 saturated carbocycles. The van der Waals surface area contributed by atoms with Crippen LogP contribution in [0.2, 0.25) is 0 Å². The van der Waals surface area contributed by atoms with Crippen LogP contribution in [0.3, 0.4) is 0 Å². The van der Waals surface area contributed by atoms with E-state index in [4.69, 9.17) is 0 Å². The number of aromatic nitrogens is 2. The van der Waals surface area contributed by atoms with Crippen molar-refractivity contribution in [2.75, 3.05) is 0 Å². The molecule has 0 unspecified atom stereocenters. The van der Waals surface area contributed by atoms with Crippen molar-refractivity contribution < 1.29 is 0 Å². The molecule has 0 aromatic carbocycles. The Labute approximate surface area is 54.3 Å². The second-order valence-corrected chi connectivity index (χ2v) is 2.71. The number of hydrogen-bond donors (Lipinski definition) is 1. The van der Waals surface area contributed by atoms with Gasteiger partial charge >= 0.3 is 0 Å². The summed E-state index contributed by atoms with van der Waals surface area (Å²) < 4.78 is 0. The molecule has 0 fully saturated rings. The van der Waals surface area contributed by atoms with Crippen molar-refractivity contribution in [2.24, 2.45) is 0 Å². The van der Waals surface area contributed by atoms with Crippen molar-refractivity contribution in [1.82, 2.24) is 9.97 Å². The monoisotopic (exact) mass is 122 g/mol. The first-order chi connectivity index (χ1) is 4.38. The molecule has 1 N–H and O–H groups in total. The zero-order chi connectivity index (χ0) is 6.27. The van der Waals surface area contributed by atoms with Crippen LogP contribution in [-0.4, -0.2) is 9.97 Å². The lowest BCUT2D eigenvalue weighted by Gasteiger charge is -1.94. The summed E-state index contributed by atoms with van der Waals surface area (Å²) >= 11 is 0. The molecule has 1 aromatic rings.